The normalized spacial score (nSPS) is 15.1. The van der Waals surface area contributed by atoms with Gasteiger partial charge in [-0.1, -0.05) is 88.4 Å². The first-order valence-corrected chi connectivity index (χ1v) is 12.4. The van der Waals surface area contributed by atoms with E-state index in [1.165, 1.54) is 0 Å². The van der Waals surface area contributed by atoms with Crippen molar-refractivity contribution in [1.82, 2.24) is 0 Å². The first kappa shape index (κ1) is 27.1. The van der Waals surface area contributed by atoms with Gasteiger partial charge in [-0.05, 0) is 34.8 Å². The van der Waals surface area contributed by atoms with E-state index < -0.39 is 14.7 Å². The topological polar surface area (TPSA) is 80.3 Å². The Morgan fingerprint density at radius 1 is 0.667 bits per heavy atom. The monoisotopic (exact) mass is 434 g/mol. The Labute approximate surface area is 193 Å². The van der Waals surface area contributed by atoms with E-state index in [0.717, 1.165) is 0 Å². The molecule has 27 heavy (non-hydrogen) atoms. The zero-order valence-electron chi connectivity index (χ0n) is 16.6. The van der Waals surface area contributed by atoms with Gasteiger partial charge in [-0.15, -0.1) is 0 Å². The summed E-state index contributed by atoms with van der Waals surface area (Å²) in [7, 11) is -6.70. The predicted octanol–water partition coefficient (Wildman–Crippen LogP) is 2.83. The Hall–Kier alpha value is 0.0797. The molecule has 0 saturated heterocycles. The fourth-order valence-corrected chi connectivity index (χ4v) is 6.08. The van der Waals surface area contributed by atoms with Gasteiger partial charge < -0.3 is 18.9 Å². The molecule has 0 aliphatic rings. The van der Waals surface area contributed by atoms with Gasteiger partial charge in [0.25, 0.3) is 0 Å². The molecule has 7 heteroatoms. The van der Waals surface area contributed by atoms with Gasteiger partial charge in [0.05, 0.1) is 0 Å². The molecule has 0 aliphatic heterocycles. The predicted molar refractivity (Wildman–Crippen MR) is 113 cm³/mol. The van der Waals surface area contributed by atoms with Crippen LogP contribution in [-0.4, -0.2) is 50.1 Å². The van der Waals surface area contributed by atoms with Gasteiger partial charge >= 0.3 is 37.7 Å². The van der Waals surface area contributed by atoms with Gasteiger partial charge in [0.2, 0.25) is 0 Å². The third-order valence-corrected chi connectivity index (χ3v) is 8.10. The van der Waals surface area contributed by atoms with Crippen molar-refractivity contribution >= 4 is 63.1 Å². The van der Waals surface area contributed by atoms with E-state index in [2.05, 4.69) is 0 Å². The summed E-state index contributed by atoms with van der Waals surface area (Å²) in [5, 5.41) is 0.896. The summed E-state index contributed by atoms with van der Waals surface area (Å²) in [5.41, 5.74) is 0. The van der Waals surface area contributed by atoms with Crippen molar-refractivity contribution < 1.29 is 18.9 Å². The van der Waals surface area contributed by atoms with Crippen molar-refractivity contribution in [3.63, 3.8) is 0 Å². The Morgan fingerprint density at radius 3 is 1.15 bits per heavy atom. The second kappa shape index (κ2) is 12.6. The van der Waals surface area contributed by atoms with E-state index in [1.54, 1.807) is 48.5 Å². The number of benzene rings is 2. The number of rotatable bonds is 6. The molecular weight excluding hydrogens is 406 g/mol. The summed E-state index contributed by atoms with van der Waals surface area (Å²) in [6.45, 7) is 7.64. The molecule has 2 atom stereocenters. The van der Waals surface area contributed by atoms with E-state index in [4.69, 9.17) is 0 Å². The largest absolute Gasteiger partial charge is 2.00 e. The Bertz CT molecular complexity index is 684. The maximum absolute atomic E-state index is 11.7. The van der Waals surface area contributed by atoms with Gasteiger partial charge in [-0.2, -0.15) is 0 Å². The molecule has 0 spiro atoms. The van der Waals surface area contributed by atoms with Gasteiger partial charge in [-0.3, -0.25) is 0 Å². The van der Waals surface area contributed by atoms with Crippen molar-refractivity contribution in [3.8, 4) is 0 Å². The molecule has 0 aromatic heterocycles. The van der Waals surface area contributed by atoms with Crippen LogP contribution in [0.5, 0.6) is 0 Å². The minimum Gasteiger partial charge on any atom is -0.796 e. The third-order valence-electron chi connectivity index (χ3n) is 3.51. The van der Waals surface area contributed by atoms with Crippen molar-refractivity contribution in [1.29, 1.82) is 0 Å². The fourth-order valence-electron chi connectivity index (χ4n) is 2.48. The summed E-state index contributed by atoms with van der Waals surface area (Å²) in [6, 6.07) is 17.2. The molecule has 2 unspecified atom stereocenters. The van der Waals surface area contributed by atoms with Crippen LogP contribution in [0.25, 0.3) is 0 Å². The molecule has 0 saturated carbocycles. The van der Waals surface area contributed by atoms with Crippen LogP contribution in [-0.2, 0) is 9.13 Å². The van der Waals surface area contributed by atoms with Crippen LogP contribution in [0.2, 0.25) is 0 Å². The number of hydrogen-bond donors (Lipinski definition) is 0. The van der Waals surface area contributed by atoms with Crippen LogP contribution in [0, 0.1) is 11.8 Å². The first-order chi connectivity index (χ1) is 12.0. The zero-order chi connectivity index (χ0) is 19.8. The van der Waals surface area contributed by atoms with Crippen molar-refractivity contribution in [2.75, 3.05) is 12.3 Å². The molecule has 0 radical (unpaired) electrons. The molecule has 0 amide bonds. The van der Waals surface area contributed by atoms with Crippen LogP contribution in [0.15, 0.2) is 60.7 Å². The van der Waals surface area contributed by atoms with Gasteiger partial charge in [0.1, 0.15) is 0 Å². The molecule has 0 bridgehead atoms. The van der Waals surface area contributed by atoms with Crippen LogP contribution >= 0.6 is 14.7 Å². The summed E-state index contributed by atoms with van der Waals surface area (Å²) in [6.07, 6.45) is 0.494. The summed E-state index contributed by atoms with van der Waals surface area (Å²) in [5.74, 6) is 0.368. The summed E-state index contributed by atoms with van der Waals surface area (Å²) in [4.78, 5) is 23.3. The second-order valence-corrected chi connectivity index (χ2v) is 11.6. The van der Waals surface area contributed by atoms with E-state index in [-0.39, 0.29) is 61.9 Å². The van der Waals surface area contributed by atoms with Crippen LogP contribution < -0.4 is 20.4 Å². The van der Waals surface area contributed by atoms with Crippen LogP contribution in [0.1, 0.15) is 27.7 Å². The van der Waals surface area contributed by atoms with Gasteiger partial charge in [-0.25, -0.2) is 0 Å². The quantitative estimate of drug-likeness (QED) is 0.517. The Balaban J connectivity index is 0.000000483. The molecule has 0 fully saturated rings. The molecule has 144 valence electrons. The molecule has 0 N–H and O–H groups in total. The van der Waals surface area contributed by atoms with Crippen molar-refractivity contribution in [2.45, 2.75) is 27.7 Å². The molecule has 2 aromatic rings. The molecule has 4 nitrogen and oxygen atoms in total. The molecule has 2 aromatic carbocycles. The van der Waals surface area contributed by atoms with Crippen LogP contribution in [0.3, 0.4) is 0 Å². The number of hydrogen-bond acceptors (Lipinski definition) is 4. The second-order valence-electron chi connectivity index (χ2n) is 7.17. The average molecular weight is 434 g/mol. The fraction of sp³-hybridized carbons (Fsp3) is 0.400. The molecule has 2 rings (SSSR count). The maximum atomic E-state index is 11.7. The average Bonchev–Trinajstić information content (AvgIpc) is 2.55. The van der Waals surface area contributed by atoms with Crippen molar-refractivity contribution in [2.24, 2.45) is 11.8 Å². The standard InChI is InChI=1S/2C10H15O2P.Ca/c2*1-9(2)8-13(11,12)10-6-4-3-5-7-10;/h2*3-7,9H,8H2,1-2H3,(H,11,12);/q;;+2/p-2. The van der Waals surface area contributed by atoms with Crippen molar-refractivity contribution in [3.05, 3.63) is 60.7 Å². The Kier molecular flexibility index (Phi) is 12.6. The minimum atomic E-state index is -3.35. The molecule has 0 heterocycles. The maximum Gasteiger partial charge on any atom is 2.00 e. The SMILES string of the molecule is CC(C)CP(=O)([O-])c1ccccc1.CC(C)CP(=O)([O-])c1ccccc1.[Ca+2]. The minimum absolute atomic E-state index is 0. The smallest absolute Gasteiger partial charge is 0.796 e. The van der Waals surface area contributed by atoms with E-state index in [0.29, 0.717) is 10.6 Å². The van der Waals surface area contributed by atoms with Gasteiger partial charge in [0, 0.05) is 14.7 Å². The van der Waals surface area contributed by atoms with Gasteiger partial charge in [0.15, 0.2) is 0 Å². The van der Waals surface area contributed by atoms with E-state index in [1.807, 2.05) is 39.8 Å². The van der Waals surface area contributed by atoms with Crippen LogP contribution in [0.4, 0.5) is 0 Å². The van der Waals surface area contributed by atoms with E-state index >= 15 is 0 Å². The molecule has 0 aliphatic carbocycles. The third kappa shape index (κ3) is 10.4. The summed E-state index contributed by atoms with van der Waals surface area (Å²) < 4.78 is 23.3. The molecular formula is C20H28CaO4P2. The summed E-state index contributed by atoms with van der Waals surface area (Å²) >= 11 is 0. The van der Waals surface area contributed by atoms with E-state index in [9.17, 15) is 18.9 Å². The first-order valence-electron chi connectivity index (χ1n) is 8.76. The Morgan fingerprint density at radius 2 is 0.926 bits per heavy atom. The zero-order valence-corrected chi connectivity index (χ0v) is 20.6.